The van der Waals surface area contributed by atoms with Gasteiger partial charge in [0.2, 0.25) is 0 Å². The van der Waals surface area contributed by atoms with Crippen molar-refractivity contribution >= 4 is 6.71 Å². The third-order valence-electron chi connectivity index (χ3n) is 2.95. The van der Waals surface area contributed by atoms with Gasteiger partial charge in [0.05, 0.1) is 0 Å². The molecule has 1 heterocycles. The van der Waals surface area contributed by atoms with E-state index in [-0.39, 0.29) is 18.9 Å². The molecule has 0 aliphatic carbocycles. The first-order valence-electron chi connectivity index (χ1n) is 5.70. The van der Waals surface area contributed by atoms with Crippen LogP contribution < -0.4 is 18.9 Å². The van der Waals surface area contributed by atoms with Crippen molar-refractivity contribution in [2.75, 3.05) is 13.2 Å². The molecule has 0 aromatic carbocycles. The number of rotatable bonds is 3. The Balaban J connectivity index is 0. The maximum atomic E-state index is 4.94. The van der Waals surface area contributed by atoms with Crippen LogP contribution in [0.5, 0.6) is 0 Å². The van der Waals surface area contributed by atoms with Crippen molar-refractivity contribution in [1.82, 2.24) is 0 Å². The van der Waals surface area contributed by atoms with E-state index in [1.165, 1.54) is 31.8 Å². The van der Waals surface area contributed by atoms with E-state index >= 15 is 0 Å². The predicted molar refractivity (Wildman–Crippen MR) is 58.6 cm³/mol. The van der Waals surface area contributed by atoms with Crippen molar-refractivity contribution in [3.05, 3.63) is 0 Å². The average molecular weight is 178 g/mol. The van der Waals surface area contributed by atoms with Gasteiger partial charge < -0.3 is 4.74 Å². The molecule has 1 rings (SSSR count). The van der Waals surface area contributed by atoms with Gasteiger partial charge in [0.1, 0.15) is 0 Å². The van der Waals surface area contributed by atoms with Gasteiger partial charge in [-0.15, -0.1) is 0 Å². The Bertz CT molecular complexity index is 69.9. The van der Waals surface area contributed by atoms with Gasteiger partial charge in [0.15, 0.2) is 0 Å². The Hall–Kier alpha value is 0.622. The first-order chi connectivity index (χ1) is 5.85. The second kappa shape index (κ2) is 12.6. The van der Waals surface area contributed by atoms with Crippen molar-refractivity contribution < 1.29 is 23.6 Å². The van der Waals surface area contributed by atoms with Gasteiger partial charge in [-0.25, -0.2) is 0 Å². The van der Waals surface area contributed by atoms with Crippen molar-refractivity contribution in [2.24, 2.45) is 0 Å². The van der Waals surface area contributed by atoms with Gasteiger partial charge in [-0.05, 0) is 19.6 Å². The van der Waals surface area contributed by atoms with E-state index < -0.39 is 0 Å². The van der Waals surface area contributed by atoms with Crippen molar-refractivity contribution in [3.8, 4) is 0 Å². The molecule has 0 bridgehead atoms. The fourth-order valence-corrected chi connectivity index (χ4v) is 1.57. The standard InChI is InChI=1S/C6H16B.C4H8O.Li/c1-4-7(5-2)6-3;1-2-4-5-3-1;/h7H,4-6H2,1-3H3;1-4H2;/q-1;;+1. The molecule has 3 heteroatoms. The fraction of sp³-hybridized carbons (Fsp3) is 1.00. The summed E-state index contributed by atoms with van der Waals surface area (Å²) in [5, 5.41) is 0. The van der Waals surface area contributed by atoms with Gasteiger partial charge in [-0.3, -0.25) is 0 Å². The minimum absolute atomic E-state index is 0. The zero-order valence-corrected chi connectivity index (χ0v) is 10.1. The molecule has 1 saturated heterocycles. The molecule has 0 amide bonds. The molecule has 0 radical (unpaired) electrons. The quantitative estimate of drug-likeness (QED) is 0.556. The summed E-state index contributed by atoms with van der Waals surface area (Å²) in [5.74, 6) is 0. The van der Waals surface area contributed by atoms with Crippen LogP contribution in [-0.2, 0) is 4.74 Å². The van der Waals surface area contributed by atoms with E-state index in [9.17, 15) is 0 Å². The molecule has 13 heavy (non-hydrogen) atoms. The fourth-order valence-electron chi connectivity index (χ4n) is 1.57. The van der Waals surface area contributed by atoms with Crippen LogP contribution in [0.3, 0.4) is 0 Å². The third-order valence-corrected chi connectivity index (χ3v) is 2.95. The normalized spacial score (nSPS) is 14.8. The summed E-state index contributed by atoms with van der Waals surface area (Å²) in [6.07, 6.45) is 6.87. The molecule has 0 aromatic rings. The first kappa shape index (κ1) is 16.1. The molecule has 74 valence electrons. The van der Waals surface area contributed by atoms with Gasteiger partial charge >= 0.3 is 18.9 Å². The van der Waals surface area contributed by atoms with Crippen LogP contribution in [-0.4, -0.2) is 19.9 Å². The van der Waals surface area contributed by atoms with Crippen LogP contribution in [0.4, 0.5) is 0 Å². The van der Waals surface area contributed by atoms with Crippen LogP contribution in [0, 0.1) is 0 Å². The monoisotopic (exact) mass is 178 g/mol. The van der Waals surface area contributed by atoms with E-state index in [1.54, 1.807) is 0 Å². The molecule has 0 aromatic heterocycles. The average Bonchev–Trinajstić information content (AvgIpc) is 2.64. The Morgan fingerprint density at radius 3 is 1.38 bits per heavy atom. The topological polar surface area (TPSA) is 9.23 Å². The smallest absolute Gasteiger partial charge is 0.381 e. The number of hydrogen-bond acceptors (Lipinski definition) is 1. The number of hydrogen-bond donors (Lipinski definition) is 0. The molecule has 0 spiro atoms. The van der Waals surface area contributed by atoms with E-state index in [4.69, 9.17) is 4.74 Å². The van der Waals surface area contributed by atoms with Gasteiger partial charge in [-0.2, -0.15) is 19.0 Å². The van der Waals surface area contributed by atoms with Crippen LogP contribution in [0.15, 0.2) is 0 Å². The maximum absolute atomic E-state index is 4.94. The summed E-state index contributed by atoms with van der Waals surface area (Å²) in [6, 6.07) is 0. The Morgan fingerprint density at radius 2 is 1.31 bits per heavy atom. The molecule has 1 aliphatic rings. The van der Waals surface area contributed by atoms with Gasteiger partial charge in [0, 0.05) is 13.2 Å². The second-order valence-corrected chi connectivity index (χ2v) is 3.88. The van der Waals surface area contributed by atoms with Crippen LogP contribution in [0.25, 0.3) is 0 Å². The molecule has 0 atom stereocenters. The van der Waals surface area contributed by atoms with Crippen molar-refractivity contribution in [3.63, 3.8) is 0 Å². The predicted octanol–water partition coefficient (Wildman–Crippen LogP) is 0.0740. The summed E-state index contributed by atoms with van der Waals surface area (Å²) < 4.78 is 4.94. The van der Waals surface area contributed by atoms with Crippen molar-refractivity contribution in [2.45, 2.75) is 52.6 Å². The zero-order chi connectivity index (χ0) is 9.23. The van der Waals surface area contributed by atoms with E-state index in [0.717, 1.165) is 13.2 Å². The molecule has 1 nitrogen and oxygen atoms in total. The molecule has 1 aliphatic heterocycles. The van der Waals surface area contributed by atoms with Crippen molar-refractivity contribution in [1.29, 1.82) is 0 Å². The summed E-state index contributed by atoms with van der Waals surface area (Å²) in [7, 11) is 0. The molecule has 1 fully saturated rings. The minimum atomic E-state index is 0. The molecule has 0 N–H and O–H groups in total. The molecule has 0 unspecified atom stereocenters. The second-order valence-electron chi connectivity index (χ2n) is 3.88. The first-order valence-corrected chi connectivity index (χ1v) is 5.70. The van der Waals surface area contributed by atoms with Gasteiger partial charge in [-0.1, -0.05) is 20.8 Å². The zero-order valence-electron chi connectivity index (χ0n) is 10.1. The van der Waals surface area contributed by atoms with Crippen LogP contribution in [0.2, 0.25) is 19.0 Å². The van der Waals surface area contributed by atoms with E-state index in [0.29, 0.717) is 6.71 Å². The van der Waals surface area contributed by atoms with Crippen LogP contribution >= 0.6 is 0 Å². The Labute approximate surface area is 96.3 Å². The Kier molecular flexibility index (Phi) is 15.6. The summed E-state index contributed by atoms with van der Waals surface area (Å²) >= 11 is 0. The minimum Gasteiger partial charge on any atom is -0.381 e. The van der Waals surface area contributed by atoms with Crippen LogP contribution in [0.1, 0.15) is 33.6 Å². The third kappa shape index (κ3) is 10.5. The maximum Gasteiger partial charge on any atom is 1.00 e. The molecular formula is C10H24BLiO. The number of ether oxygens (including phenoxy) is 1. The largest absolute Gasteiger partial charge is 1.00 e. The molecule has 0 saturated carbocycles. The van der Waals surface area contributed by atoms with E-state index in [1.807, 2.05) is 0 Å². The van der Waals surface area contributed by atoms with Gasteiger partial charge in [0.25, 0.3) is 0 Å². The SMILES string of the molecule is C1CCOC1.CC[BH-](CC)CC.[Li+]. The Morgan fingerprint density at radius 1 is 0.923 bits per heavy atom. The summed E-state index contributed by atoms with van der Waals surface area (Å²) in [4.78, 5) is 0. The molecular weight excluding hydrogens is 154 g/mol. The van der Waals surface area contributed by atoms with E-state index in [2.05, 4.69) is 20.8 Å². The summed E-state index contributed by atoms with van der Waals surface area (Å²) in [5.41, 5.74) is 0. The summed E-state index contributed by atoms with van der Waals surface area (Å²) in [6.45, 7) is 9.19.